The van der Waals surface area contributed by atoms with Gasteiger partial charge in [-0.2, -0.15) is 0 Å². The number of carbonyl (C=O) groups excluding carboxylic acids is 1. The minimum absolute atomic E-state index is 0.0830. The molecule has 7 nitrogen and oxygen atoms in total. The summed E-state index contributed by atoms with van der Waals surface area (Å²) < 4.78 is 5.74. The number of carbonyl (C=O) groups is 1. The van der Waals surface area contributed by atoms with Crippen LogP contribution in [0.3, 0.4) is 0 Å². The van der Waals surface area contributed by atoms with E-state index in [1.165, 1.54) is 0 Å². The number of aliphatic imine (C=N–C) groups is 1. The number of amides is 1. The van der Waals surface area contributed by atoms with Crippen LogP contribution in [0.15, 0.2) is 23.3 Å². The quantitative estimate of drug-likeness (QED) is 0.542. The predicted octanol–water partition coefficient (Wildman–Crippen LogP) is 1.45. The summed E-state index contributed by atoms with van der Waals surface area (Å²) in [7, 11) is 1.71. The second-order valence-corrected chi connectivity index (χ2v) is 6.27. The number of aryl methyl sites for hydroxylation is 1. The summed E-state index contributed by atoms with van der Waals surface area (Å²) >= 11 is 0. The highest BCUT2D eigenvalue weighted by Gasteiger charge is 2.29. The molecule has 0 aromatic carbocycles. The van der Waals surface area contributed by atoms with Gasteiger partial charge in [0, 0.05) is 39.4 Å². The average molecular weight is 333 g/mol. The standard InChI is InChI=1S/C17H27N5O2/c1-13-5-6-14(20-11-13)22-15(23)7-9-19-16(18-3)21-12-17(2)8-4-10-24-17/h5-6,11H,4,7-10,12H2,1-3H3,(H2,18,19,21)(H,20,22,23). The number of rotatable bonds is 6. The van der Waals surface area contributed by atoms with Gasteiger partial charge in [-0.15, -0.1) is 0 Å². The number of anilines is 1. The summed E-state index contributed by atoms with van der Waals surface area (Å²) in [5.74, 6) is 1.16. The predicted molar refractivity (Wildman–Crippen MR) is 95.2 cm³/mol. The van der Waals surface area contributed by atoms with Crippen LogP contribution in [-0.4, -0.2) is 49.2 Å². The van der Waals surface area contributed by atoms with E-state index in [1.807, 2.05) is 13.0 Å². The van der Waals surface area contributed by atoms with Crippen molar-refractivity contribution < 1.29 is 9.53 Å². The third-order valence-corrected chi connectivity index (χ3v) is 3.98. The molecule has 1 aliphatic heterocycles. The largest absolute Gasteiger partial charge is 0.373 e. The summed E-state index contributed by atoms with van der Waals surface area (Å²) in [6.07, 6.45) is 4.20. The van der Waals surface area contributed by atoms with E-state index in [0.717, 1.165) is 25.0 Å². The fourth-order valence-corrected chi connectivity index (χ4v) is 2.51. The van der Waals surface area contributed by atoms with Gasteiger partial charge in [-0.05, 0) is 38.3 Å². The van der Waals surface area contributed by atoms with Gasteiger partial charge in [-0.3, -0.25) is 9.79 Å². The number of ether oxygens (including phenoxy) is 1. The Morgan fingerprint density at radius 1 is 1.42 bits per heavy atom. The van der Waals surface area contributed by atoms with Gasteiger partial charge in [0.15, 0.2) is 5.96 Å². The maximum Gasteiger partial charge on any atom is 0.227 e. The first-order chi connectivity index (χ1) is 11.5. The molecular weight excluding hydrogens is 306 g/mol. The molecule has 132 valence electrons. The van der Waals surface area contributed by atoms with Crippen molar-refractivity contribution >= 4 is 17.7 Å². The molecule has 1 atom stereocenters. The Morgan fingerprint density at radius 2 is 2.25 bits per heavy atom. The van der Waals surface area contributed by atoms with Crippen LogP contribution in [-0.2, 0) is 9.53 Å². The molecule has 2 heterocycles. The van der Waals surface area contributed by atoms with Gasteiger partial charge < -0.3 is 20.7 Å². The monoisotopic (exact) mass is 333 g/mol. The molecule has 2 rings (SSSR count). The van der Waals surface area contributed by atoms with E-state index in [0.29, 0.717) is 31.3 Å². The van der Waals surface area contributed by atoms with Gasteiger partial charge in [0.1, 0.15) is 5.82 Å². The van der Waals surface area contributed by atoms with Crippen molar-refractivity contribution in [2.45, 2.75) is 38.7 Å². The Bertz CT molecular complexity index is 565. The van der Waals surface area contributed by atoms with Crippen LogP contribution in [0.25, 0.3) is 0 Å². The lowest BCUT2D eigenvalue weighted by molar-refractivity contribution is -0.116. The second-order valence-electron chi connectivity index (χ2n) is 6.27. The van der Waals surface area contributed by atoms with E-state index in [1.54, 1.807) is 19.3 Å². The van der Waals surface area contributed by atoms with Gasteiger partial charge in [0.2, 0.25) is 5.91 Å². The van der Waals surface area contributed by atoms with Crippen molar-refractivity contribution in [2.75, 3.05) is 32.1 Å². The Balaban J connectivity index is 1.67. The summed E-state index contributed by atoms with van der Waals surface area (Å²) in [5.41, 5.74) is 0.927. The van der Waals surface area contributed by atoms with Crippen LogP contribution in [0.4, 0.5) is 5.82 Å². The molecule has 24 heavy (non-hydrogen) atoms. The molecule has 1 aliphatic rings. The lowest BCUT2D eigenvalue weighted by Crippen LogP contribution is -2.46. The lowest BCUT2D eigenvalue weighted by Gasteiger charge is -2.24. The molecule has 0 radical (unpaired) electrons. The van der Waals surface area contributed by atoms with E-state index < -0.39 is 0 Å². The molecule has 0 aliphatic carbocycles. The van der Waals surface area contributed by atoms with Crippen LogP contribution >= 0.6 is 0 Å². The molecule has 1 unspecified atom stereocenters. The molecule has 3 N–H and O–H groups in total. The van der Waals surface area contributed by atoms with Gasteiger partial charge >= 0.3 is 0 Å². The fourth-order valence-electron chi connectivity index (χ4n) is 2.51. The molecule has 7 heteroatoms. The highest BCUT2D eigenvalue weighted by atomic mass is 16.5. The molecule has 1 aromatic heterocycles. The zero-order chi connectivity index (χ0) is 17.4. The number of aromatic nitrogens is 1. The third kappa shape index (κ3) is 5.81. The van der Waals surface area contributed by atoms with E-state index in [9.17, 15) is 4.79 Å². The summed E-state index contributed by atoms with van der Waals surface area (Å²) in [6, 6.07) is 3.71. The van der Waals surface area contributed by atoms with Crippen molar-refractivity contribution in [3.05, 3.63) is 23.9 Å². The lowest BCUT2D eigenvalue weighted by atomic mass is 10.0. The van der Waals surface area contributed by atoms with Crippen LogP contribution in [0.5, 0.6) is 0 Å². The maximum atomic E-state index is 11.9. The molecule has 0 bridgehead atoms. The zero-order valence-corrected chi connectivity index (χ0v) is 14.7. The molecule has 1 aromatic rings. The summed E-state index contributed by atoms with van der Waals surface area (Å²) in [4.78, 5) is 20.2. The van der Waals surface area contributed by atoms with Crippen LogP contribution in [0, 0.1) is 6.92 Å². The summed E-state index contributed by atoms with van der Waals surface area (Å²) in [5, 5.41) is 9.16. The van der Waals surface area contributed by atoms with Crippen molar-refractivity contribution in [1.82, 2.24) is 15.6 Å². The zero-order valence-electron chi connectivity index (χ0n) is 14.7. The van der Waals surface area contributed by atoms with Crippen molar-refractivity contribution in [3.63, 3.8) is 0 Å². The molecule has 0 spiro atoms. The van der Waals surface area contributed by atoms with E-state index >= 15 is 0 Å². The summed E-state index contributed by atoms with van der Waals surface area (Å²) in [6.45, 7) is 6.07. The molecule has 1 amide bonds. The Morgan fingerprint density at radius 3 is 2.88 bits per heavy atom. The molecule has 1 fully saturated rings. The number of nitrogens with zero attached hydrogens (tertiary/aromatic N) is 2. The topological polar surface area (TPSA) is 87.6 Å². The van der Waals surface area contributed by atoms with Crippen LogP contribution in [0.1, 0.15) is 31.7 Å². The van der Waals surface area contributed by atoms with Gasteiger partial charge in [0.05, 0.1) is 5.60 Å². The minimum Gasteiger partial charge on any atom is -0.373 e. The minimum atomic E-state index is -0.133. The first-order valence-electron chi connectivity index (χ1n) is 8.32. The molecule has 1 saturated heterocycles. The second kappa shape index (κ2) is 8.63. The molecular formula is C17H27N5O2. The van der Waals surface area contributed by atoms with Gasteiger partial charge in [-0.25, -0.2) is 4.98 Å². The number of pyridine rings is 1. The smallest absolute Gasteiger partial charge is 0.227 e. The average Bonchev–Trinajstić information content (AvgIpc) is 3.00. The SMILES string of the molecule is CN=C(NCCC(=O)Nc1ccc(C)cn1)NCC1(C)CCCO1. The fraction of sp³-hybridized carbons (Fsp3) is 0.588. The number of hydrogen-bond donors (Lipinski definition) is 3. The Kier molecular flexibility index (Phi) is 6.54. The van der Waals surface area contributed by atoms with Crippen molar-refractivity contribution in [2.24, 2.45) is 4.99 Å². The Labute approximate surface area is 143 Å². The van der Waals surface area contributed by atoms with E-state index in [2.05, 4.69) is 32.9 Å². The molecule has 0 saturated carbocycles. The first-order valence-corrected chi connectivity index (χ1v) is 8.32. The highest BCUT2D eigenvalue weighted by Crippen LogP contribution is 2.23. The van der Waals surface area contributed by atoms with Gasteiger partial charge in [-0.1, -0.05) is 6.07 Å². The normalized spacial score (nSPS) is 20.7. The van der Waals surface area contributed by atoms with E-state index in [4.69, 9.17) is 4.74 Å². The number of nitrogens with one attached hydrogen (secondary N) is 3. The van der Waals surface area contributed by atoms with E-state index in [-0.39, 0.29) is 11.5 Å². The van der Waals surface area contributed by atoms with Crippen molar-refractivity contribution in [3.8, 4) is 0 Å². The van der Waals surface area contributed by atoms with Crippen LogP contribution < -0.4 is 16.0 Å². The third-order valence-electron chi connectivity index (χ3n) is 3.98. The maximum absolute atomic E-state index is 11.9. The van der Waals surface area contributed by atoms with Crippen molar-refractivity contribution in [1.29, 1.82) is 0 Å². The highest BCUT2D eigenvalue weighted by molar-refractivity contribution is 5.90. The number of hydrogen-bond acceptors (Lipinski definition) is 4. The Hall–Kier alpha value is -2.15. The van der Waals surface area contributed by atoms with Gasteiger partial charge in [0.25, 0.3) is 0 Å². The first kappa shape index (κ1) is 18.2. The van der Waals surface area contributed by atoms with Crippen LogP contribution in [0.2, 0.25) is 0 Å². The number of guanidine groups is 1.